The van der Waals surface area contributed by atoms with Crippen molar-refractivity contribution in [3.8, 4) is 0 Å². The van der Waals surface area contributed by atoms with E-state index >= 15 is 0 Å². The van der Waals surface area contributed by atoms with Gasteiger partial charge in [0.1, 0.15) is 0 Å². The fourth-order valence-corrected chi connectivity index (χ4v) is 0.406. The summed E-state index contributed by atoms with van der Waals surface area (Å²) in [4.78, 5) is 0. The second-order valence-electron chi connectivity index (χ2n) is 1.27. The first-order valence-corrected chi connectivity index (χ1v) is 2.24. The maximum atomic E-state index is 2.92. The van der Waals surface area contributed by atoms with Crippen molar-refractivity contribution in [1.82, 2.24) is 5.32 Å². The molecule has 1 heterocycles. The van der Waals surface area contributed by atoms with Gasteiger partial charge in [0.05, 0.1) is 0 Å². The van der Waals surface area contributed by atoms with Crippen LogP contribution in [0.2, 0.25) is 0 Å². The van der Waals surface area contributed by atoms with E-state index in [2.05, 4.69) is 5.32 Å². The zero-order valence-corrected chi connectivity index (χ0v) is 6.86. The van der Waals surface area contributed by atoms with Crippen LogP contribution in [0.3, 0.4) is 0 Å². The van der Waals surface area contributed by atoms with Gasteiger partial charge >= 0.3 is 0 Å². The molecule has 0 bridgehead atoms. The topological polar surface area (TPSA) is 12.0 Å². The largest absolute Gasteiger partial charge is 0.368 e. The van der Waals surface area contributed by atoms with E-state index in [1.165, 1.54) is 0 Å². The van der Waals surface area contributed by atoms with Crippen LogP contribution in [0.5, 0.6) is 0 Å². The molecule has 0 unspecified atom stereocenters. The third-order valence-corrected chi connectivity index (χ3v) is 0.718. The number of hydrogen-bond acceptors (Lipinski definition) is 1. The van der Waals surface area contributed by atoms with E-state index in [0.717, 1.165) is 0 Å². The molecule has 44 valence electrons. The van der Waals surface area contributed by atoms with E-state index in [9.17, 15) is 0 Å². The number of nitrogens with one attached hydrogen (secondary N) is 1. The summed E-state index contributed by atoms with van der Waals surface area (Å²) in [6.07, 6.45) is 11.6. The molecule has 0 aliphatic carbocycles. The van der Waals surface area contributed by atoms with Gasteiger partial charge in [0.2, 0.25) is 0 Å². The van der Waals surface area contributed by atoms with Gasteiger partial charge in [0.15, 0.2) is 0 Å². The summed E-state index contributed by atoms with van der Waals surface area (Å²) >= 11 is 0. The number of allylic oxidation sites excluding steroid dienone is 4. The van der Waals surface area contributed by atoms with Crippen LogP contribution in [0.1, 0.15) is 0 Å². The Balaban J connectivity index is 0.000000490. The zero-order valence-electron chi connectivity index (χ0n) is 4.32. The molecule has 0 atom stereocenters. The summed E-state index contributed by atoms with van der Waals surface area (Å²) in [6.45, 7) is 0. The van der Waals surface area contributed by atoms with Gasteiger partial charge < -0.3 is 5.32 Å². The molecule has 0 aromatic heterocycles. The molecule has 0 spiro atoms. The van der Waals surface area contributed by atoms with E-state index in [0.29, 0.717) is 0 Å². The summed E-state index contributed by atoms with van der Waals surface area (Å²) in [7, 11) is 0. The summed E-state index contributed by atoms with van der Waals surface area (Å²) in [5, 5.41) is 2.92. The summed E-state index contributed by atoms with van der Waals surface area (Å²) in [5.41, 5.74) is 0. The quantitative estimate of drug-likeness (QED) is 0.704. The van der Waals surface area contributed by atoms with Crippen molar-refractivity contribution in [3.05, 3.63) is 36.7 Å². The molecule has 1 aliphatic heterocycles. The Kier molecular flexibility index (Phi) is 4.60. The first-order chi connectivity index (χ1) is 3.50. The Labute approximate surface area is 62.2 Å². The van der Waals surface area contributed by atoms with Crippen LogP contribution in [0.4, 0.5) is 0 Å². The van der Waals surface area contributed by atoms with E-state index in [-0.39, 0.29) is 19.8 Å². The van der Waals surface area contributed by atoms with Crippen LogP contribution in [-0.4, -0.2) is 0 Å². The standard InChI is InChI=1S/C6H7N.Os/c1-2-4-6-7-5-3-1;/h1-7H;. The molecule has 1 N–H and O–H groups in total. The van der Waals surface area contributed by atoms with E-state index in [1.807, 2.05) is 36.7 Å². The van der Waals surface area contributed by atoms with Crippen molar-refractivity contribution in [1.29, 1.82) is 0 Å². The molecule has 1 nitrogen and oxygen atoms in total. The summed E-state index contributed by atoms with van der Waals surface area (Å²) in [6, 6.07) is 0. The molecule has 0 saturated heterocycles. The Morgan fingerprint density at radius 3 is 1.75 bits per heavy atom. The third-order valence-electron chi connectivity index (χ3n) is 0.718. The van der Waals surface area contributed by atoms with E-state index in [4.69, 9.17) is 0 Å². The molecule has 1 rings (SSSR count). The molecule has 1 aliphatic rings. The minimum atomic E-state index is 0. The van der Waals surface area contributed by atoms with Crippen LogP contribution >= 0.6 is 0 Å². The molecule has 0 saturated carbocycles. The molecule has 0 amide bonds. The van der Waals surface area contributed by atoms with Crippen LogP contribution in [-0.2, 0) is 19.8 Å². The van der Waals surface area contributed by atoms with Crippen molar-refractivity contribution < 1.29 is 19.8 Å². The van der Waals surface area contributed by atoms with Crippen LogP contribution in [0.15, 0.2) is 36.7 Å². The van der Waals surface area contributed by atoms with Gasteiger partial charge in [-0.2, -0.15) is 0 Å². The summed E-state index contributed by atoms with van der Waals surface area (Å²) in [5.74, 6) is 0. The molecular formula is C6H7NOs. The molecule has 0 radical (unpaired) electrons. The molecule has 8 heavy (non-hydrogen) atoms. The van der Waals surface area contributed by atoms with Crippen molar-refractivity contribution >= 4 is 0 Å². The third kappa shape index (κ3) is 2.77. The Bertz CT molecular complexity index is 110. The first-order valence-electron chi connectivity index (χ1n) is 2.24. The Morgan fingerprint density at radius 2 is 1.25 bits per heavy atom. The average Bonchev–Trinajstić information content (AvgIpc) is 1.90. The molecular weight excluding hydrogens is 276 g/mol. The second-order valence-corrected chi connectivity index (χ2v) is 1.27. The van der Waals surface area contributed by atoms with Gasteiger partial charge in [0, 0.05) is 32.2 Å². The smallest absolute Gasteiger partial charge is 0.000442 e. The summed E-state index contributed by atoms with van der Waals surface area (Å²) < 4.78 is 0. The van der Waals surface area contributed by atoms with E-state index < -0.39 is 0 Å². The number of rotatable bonds is 0. The second kappa shape index (κ2) is 4.81. The van der Waals surface area contributed by atoms with Crippen molar-refractivity contribution in [2.24, 2.45) is 0 Å². The van der Waals surface area contributed by atoms with Gasteiger partial charge in [-0.3, -0.25) is 0 Å². The molecule has 0 aromatic carbocycles. The van der Waals surface area contributed by atoms with Gasteiger partial charge in [-0.25, -0.2) is 0 Å². The van der Waals surface area contributed by atoms with Crippen LogP contribution in [0, 0.1) is 0 Å². The Morgan fingerprint density at radius 1 is 0.750 bits per heavy atom. The van der Waals surface area contributed by atoms with Gasteiger partial charge in [0.25, 0.3) is 0 Å². The average molecular weight is 283 g/mol. The molecule has 0 aromatic rings. The van der Waals surface area contributed by atoms with Crippen LogP contribution < -0.4 is 5.32 Å². The predicted octanol–water partition coefficient (Wildman–Crippen LogP) is 1.17. The zero-order chi connectivity index (χ0) is 4.95. The van der Waals surface area contributed by atoms with Crippen molar-refractivity contribution in [2.75, 3.05) is 0 Å². The molecule has 2 heteroatoms. The normalized spacial score (nSPS) is 14.0. The maximum Gasteiger partial charge on any atom is 0.000442 e. The Hall–Kier alpha value is -0.344. The van der Waals surface area contributed by atoms with E-state index in [1.54, 1.807) is 0 Å². The number of hydrogen-bond donors (Lipinski definition) is 1. The van der Waals surface area contributed by atoms with Crippen LogP contribution in [0.25, 0.3) is 0 Å². The fraction of sp³-hybridized carbons (Fsp3) is 0. The van der Waals surface area contributed by atoms with Crippen molar-refractivity contribution in [2.45, 2.75) is 0 Å². The monoisotopic (exact) mass is 285 g/mol. The fourth-order valence-electron chi connectivity index (χ4n) is 0.406. The SMILES string of the molecule is C1=CC=CNC=C1.[Os]. The van der Waals surface area contributed by atoms with Gasteiger partial charge in [-0.15, -0.1) is 0 Å². The molecule has 0 fully saturated rings. The van der Waals surface area contributed by atoms with Gasteiger partial charge in [-0.05, 0) is 12.2 Å². The van der Waals surface area contributed by atoms with Crippen molar-refractivity contribution in [3.63, 3.8) is 0 Å². The van der Waals surface area contributed by atoms with Gasteiger partial charge in [-0.1, -0.05) is 12.2 Å². The predicted molar refractivity (Wildman–Crippen MR) is 30.6 cm³/mol. The first kappa shape index (κ1) is 7.66. The minimum absolute atomic E-state index is 0. The minimum Gasteiger partial charge on any atom is -0.368 e. The maximum absolute atomic E-state index is 2.92.